The first-order valence-electron chi connectivity index (χ1n) is 6.64. The molecule has 1 aromatic carbocycles. The van der Waals surface area contributed by atoms with Crippen LogP contribution in [0.1, 0.15) is 24.0 Å². The minimum atomic E-state index is -4.49. The number of rotatable bonds is 2. The van der Waals surface area contributed by atoms with E-state index < -0.39 is 29.9 Å². The lowest BCUT2D eigenvalue weighted by Gasteiger charge is -2.34. The van der Waals surface area contributed by atoms with Crippen LogP contribution in [0.3, 0.4) is 0 Å². The van der Waals surface area contributed by atoms with Crippen molar-refractivity contribution in [3.63, 3.8) is 0 Å². The molecule has 21 heavy (non-hydrogen) atoms. The maximum absolute atomic E-state index is 12.9. The monoisotopic (exact) mass is 311 g/mol. The van der Waals surface area contributed by atoms with E-state index in [2.05, 4.69) is 5.32 Å². The smallest absolute Gasteiger partial charge is 0.313 e. The average Bonchev–Trinajstić information content (AvgIpc) is 2.37. The van der Waals surface area contributed by atoms with Crippen molar-refractivity contribution in [2.75, 3.05) is 6.54 Å². The zero-order valence-corrected chi connectivity index (χ0v) is 11.1. The van der Waals surface area contributed by atoms with Crippen molar-refractivity contribution in [1.82, 2.24) is 5.32 Å². The third-order valence-electron chi connectivity index (χ3n) is 3.71. The zero-order chi connectivity index (χ0) is 15.7. The SMILES string of the molecule is FC(F)(F)c1cccc(CC2NCCCC2C(F)(F)F)c1. The fraction of sp³-hybridized carbons (Fsp3) is 0.571. The van der Waals surface area contributed by atoms with Crippen molar-refractivity contribution in [2.45, 2.75) is 37.7 Å². The highest BCUT2D eigenvalue weighted by atomic mass is 19.4. The molecule has 1 aliphatic rings. The molecule has 7 heteroatoms. The van der Waals surface area contributed by atoms with Crippen molar-refractivity contribution in [1.29, 1.82) is 0 Å². The Morgan fingerprint density at radius 2 is 1.81 bits per heavy atom. The van der Waals surface area contributed by atoms with Crippen molar-refractivity contribution in [3.05, 3.63) is 35.4 Å². The van der Waals surface area contributed by atoms with E-state index in [9.17, 15) is 26.3 Å². The molecule has 1 aliphatic heterocycles. The van der Waals surface area contributed by atoms with Gasteiger partial charge in [0, 0.05) is 6.04 Å². The van der Waals surface area contributed by atoms with E-state index >= 15 is 0 Å². The normalized spacial score (nSPS) is 24.1. The van der Waals surface area contributed by atoms with Gasteiger partial charge in [-0.05, 0) is 37.4 Å². The number of hydrogen-bond acceptors (Lipinski definition) is 1. The molecule has 1 aromatic rings. The molecule has 0 aliphatic carbocycles. The molecule has 2 atom stereocenters. The zero-order valence-electron chi connectivity index (χ0n) is 11.1. The summed E-state index contributed by atoms with van der Waals surface area (Å²) in [5.74, 6) is -1.51. The van der Waals surface area contributed by atoms with Crippen LogP contribution in [0.4, 0.5) is 26.3 Å². The lowest BCUT2D eigenvalue weighted by atomic mass is 9.86. The van der Waals surface area contributed by atoms with E-state index in [1.54, 1.807) is 0 Å². The molecule has 0 spiro atoms. The Bertz CT molecular complexity index is 479. The van der Waals surface area contributed by atoms with E-state index in [1.807, 2.05) is 0 Å². The van der Waals surface area contributed by atoms with Crippen LogP contribution < -0.4 is 5.32 Å². The van der Waals surface area contributed by atoms with Crippen LogP contribution in [-0.4, -0.2) is 18.8 Å². The molecule has 118 valence electrons. The Morgan fingerprint density at radius 1 is 1.10 bits per heavy atom. The maximum atomic E-state index is 12.9. The van der Waals surface area contributed by atoms with E-state index in [1.165, 1.54) is 12.1 Å². The summed E-state index contributed by atoms with van der Waals surface area (Å²) in [7, 11) is 0. The van der Waals surface area contributed by atoms with E-state index in [-0.39, 0.29) is 18.4 Å². The highest BCUT2D eigenvalue weighted by molar-refractivity contribution is 5.26. The summed E-state index contributed by atoms with van der Waals surface area (Å²) in [6, 6.07) is 3.62. The molecule has 2 rings (SSSR count). The Labute approximate surface area is 118 Å². The summed E-state index contributed by atoms with van der Waals surface area (Å²) in [6.45, 7) is 0.455. The molecule has 0 bridgehead atoms. The minimum Gasteiger partial charge on any atom is -0.313 e. The second-order valence-electron chi connectivity index (χ2n) is 5.25. The lowest BCUT2D eigenvalue weighted by molar-refractivity contribution is -0.188. The Hall–Kier alpha value is -1.24. The van der Waals surface area contributed by atoms with Crippen molar-refractivity contribution in [3.8, 4) is 0 Å². The fourth-order valence-corrected chi connectivity index (χ4v) is 2.69. The molecule has 1 N–H and O–H groups in total. The standard InChI is InChI=1S/C14H15F6N/c15-13(16,17)10-4-1-3-9(7-10)8-12-11(14(18,19)20)5-2-6-21-12/h1,3-4,7,11-12,21H,2,5-6,8H2. The van der Waals surface area contributed by atoms with Gasteiger partial charge in [0.2, 0.25) is 0 Å². The minimum absolute atomic E-state index is 0.0140. The quantitative estimate of drug-likeness (QED) is 0.808. The topological polar surface area (TPSA) is 12.0 Å². The summed E-state index contributed by atoms with van der Waals surface area (Å²) in [5.41, 5.74) is -0.571. The largest absolute Gasteiger partial charge is 0.416 e. The van der Waals surface area contributed by atoms with Crippen molar-refractivity contribution < 1.29 is 26.3 Å². The summed E-state index contributed by atoms with van der Waals surface area (Å²) in [4.78, 5) is 0. The molecule has 1 heterocycles. The van der Waals surface area contributed by atoms with Gasteiger partial charge in [0.1, 0.15) is 0 Å². The summed E-state index contributed by atoms with van der Waals surface area (Å²) in [5, 5.41) is 2.78. The summed E-state index contributed by atoms with van der Waals surface area (Å²) >= 11 is 0. The molecule has 1 saturated heterocycles. The molecular weight excluding hydrogens is 296 g/mol. The molecule has 0 amide bonds. The van der Waals surface area contributed by atoms with E-state index in [4.69, 9.17) is 0 Å². The number of benzene rings is 1. The molecular formula is C14H15F6N. The van der Waals surface area contributed by atoms with Crippen LogP contribution in [0.5, 0.6) is 0 Å². The van der Waals surface area contributed by atoms with Gasteiger partial charge in [0.15, 0.2) is 0 Å². The van der Waals surface area contributed by atoms with Crippen LogP contribution in [0, 0.1) is 5.92 Å². The van der Waals surface area contributed by atoms with Gasteiger partial charge >= 0.3 is 12.4 Å². The van der Waals surface area contributed by atoms with Gasteiger partial charge in [0.25, 0.3) is 0 Å². The first kappa shape index (κ1) is 16.1. The van der Waals surface area contributed by atoms with E-state index in [0.717, 1.165) is 12.1 Å². The van der Waals surface area contributed by atoms with Gasteiger partial charge in [-0.25, -0.2) is 0 Å². The van der Waals surface area contributed by atoms with Crippen molar-refractivity contribution >= 4 is 0 Å². The van der Waals surface area contributed by atoms with Gasteiger partial charge in [-0.2, -0.15) is 26.3 Å². The third kappa shape index (κ3) is 4.12. The number of nitrogens with one attached hydrogen (secondary N) is 1. The van der Waals surface area contributed by atoms with E-state index in [0.29, 0.717) is 13.0 Å². The summed E-state index contributed by atoms with van der Waals surface area (Å²) in [6.07, 6.45) is -8.45. The van der Waals surface area contributed by atoms with Gasteiger partial charge in [-0.3, -0.25) is 0 Å². The maximum Gasteiger partial charge on any atom is 0.416 e. The number of hydrogen-bond donors (Lipinski definition) is 1. The second-order valence-corrected chi connectivity index (χ2v) is 5.25. The predicted octanol–water partition coefficient (Wildman–Crippen LogP) is 4.18. The van der Waals surface area contributed by atoms with Gasteiger partial charge in [-0.1, -0.05) is 18.2 Å². The fourth-order valence-electron chi connectivity index (χ4n) is 2.69. The summed E-state index contributed by atoms with van der Waals surface area (Å²) < 4.78 is 76.7. The highest BCUT2D eigenvalue weighted by Gasteiger charge is 2.45. The van der Waals surface area contributed by atoms with Gasteiger partial charge in [-0.15, -0.1) is 0 Å². The molecule has 0 radical (unpaired) electrons. The Kier molecular flexibility index (Phi) is 4.51. The average molecular weight is 311 g/mol. The first-order valence-corrected chi connectivity index (χ1v) is 6.64. The van der Waals surface area contributed by atoms with Crippen LogP contribution in [0.15, 0.2) is 24.3 Å². The Morgan fingerprint density at radius 3 is 2.43 bits per heavy atom. The highest BCUT2D eigenvalue weighted by Crippen LogP contribution is 2.36. The van der Waals surface area contributed by atoms with Crippen molar-refractivity contribution in [2.24, 2.45) is 5.92 Å². The van der Waals surface area contributed by atoms with Crippen LogP contribution in [0.2, 0.25) is 0 Å². The number of halogens is 6. The first-order chi connectivity index (χ1) is 9.68. The molecule has 1 fully saturated rings. The third-order valence-corrected chi connectivity index (χ3v) is 3.71. The van der Waals surface area contributed by atoms with Gasteiger partial charge in [0.05, 0.1) is 11.5 Å². The predicted molar refractivity (Wildman–Crippen MR) is 65.7 cm³/mol. The van der Waals surface area contributed by atoms with Crippen LogP contribution in [-0.2, 0) is 12.6 Å². The number of piperidine rings is 1. The molecule has 0 saturated carbocycles. The van der Waals surface area contributed by atoms with Gasteiger partial charge < -0.3 is 5.32 Å². The molecule has 0 aromatic heterocycles. The van der Waals surface area contributed by atoms with Crippen LogP contribution in [0.25, 0.3) is 0 Å². The second kappa shape index (κ2) is 5.87. The molecule has 2 unspecified atom stereocenters. The lowest BCUT2D eigenvalue weighted by Crippen LogP contribution is -2.48. The Balaban J connectivity index is 2.16. The molecule has 1 nitrogen and oxygen atoms in total. The number of alkyl halides is 6. The van der Waals surface area contributed by atoms with Crippen LogP contribution >= 0.6 is 0 Å².